The van der Waals surface area contributed by atoms with E-state index in [1.807, 2.05) is 0 Å². The minimum atomic E-state index is -2.00. The van der Waals surface area contributed by atoms with E-state index in [0.717, 1.165) is 18.7 Å². The molecular weight excluding hydrogens is 1860 g/mol. The smallest absolute Gasteiger partial charge is 0.326 e. The fourth-order valence-electron chi connectivity index (χ4n) is 14.6. The lowest BCUT2D eigenvalue weighted by Gasteiger charge is -2.31. The van der Waals surface area contributed by atoms with Gasteiger partial charge < -0.3 is 158 Å². The molecule has 0 saturated carbocycles. The van der Waals surface area contributed by atoms with Crippen molar-refractivity contribution in [2.75, 3.05) is 45.9 Å². The number of carbonyl (C=O) groups is 23. The maximum absolute atomic E-state index is 14.5. The predicted molar refractivity (Wildman–Crippen MR) is 499 cm³/mol. The third-order valence-corrected chi connectivity index (χ3v) is 22.3. The standard InChI is InChI=1S/C87H148N24O30/c1-38(2)30-52(101-81(135)64(41(7)8)106-61(118)35-93-71(125)49(21-18-28-92-87(89)90)98-70(124)45(14)96-80(134)65(42(9)10)107-74(128)51(24-26-62(119)120)100-73(127)50(23-25-59(88)116)99-69(123)44(13)95-72(126)48-20-17-27-91-48)76(130)109-67(46(15)114)84(138)105-56(36-112)77(131)102-54(31-39(3)4)85(139)111-29-19-22-58(111)79(133)94-34-60(117)97-53(33-63(121)122)75(129)104-57(37-113)78(132)108-66(43(11)12)82(136)110-68(47(16)115)83(137)103-55(86(140)141)32-40(5)6/h38-58,64-68,91,112-115H,17-37H2,1-16H3,(H2,88,116)(H,93,125)(H,94,133)(H,95,126)(H,96,134)(H,97,117)(H,98,124)(H,99,123)(H,100,127)(H,101,135)(H,102,131)(H,103,137)(H,104,129)(H,105,138)(H,106,118)(H,107,128)(H,108,132)(H,109,130)(H,110,136)(H,119,120)(H,121,122)(H,140,141)(H4,89,90,92)/t44-,45-,46+,47+,48-,49-,50-,51-,52-,53-,54-,55-,56-,57-,58-,64-,65-,66-,67-,68-/m0/s1. The van der Waals surface area contributed by atoms with Crippen molar-refractivity contribution in [2.24, 2.45) is 47.0 Å². The summed E-state index contributed by atoms with van der Waals surface area (Å²) < 4.78 is 0. The number of carbonyl (C=O) groups excluding carboxylic acids is 20. The Morgan fingerprint density at radius 3 is 1.23 bits per heavy atom. The molecule has 0 aromatic carbocycles. The lowest BCUT2D eigenvalue weighted by molar-refractivity contribution is -0.143. The highest BCUT2D eigenvalue weighted by atomic mass is 16.4. The zero-order valence-corrected chi connectivity index (χ0v) is 82.5. The summed E-state index contributed by atoms with van der Waals surface area (Å²) in [5, 5.41) is 127. The molecule has 2 aliphatic rings. The molecule has 20 atom stereocenters. The van der Waals surface area contributed by atoms with Gasteiger partial charge in [0.1, 0.15) is 103 Å². The van der Waals surface area contributed by atoms with E-state index in [1.54, 1.807) is 41.5 Å². The number of carboxylic acids is 3. The van der Waals surface area contributed by atoms with Crippen LogP contribution in [-0.4, -0.2) is 350 Å². The van der Waals surface area contributed by atoms with Crippen molar-refractivity contribution in [1.29, 1.82) is 5.41 Å². The Kier molecular flexibility index (Phi) is 54.0. The summed E-state index contributed by atoms with van der Waals surface area (Å²) in [5.41, 5.74) is 10.8. The Morgan fingerprint density at radius 2 is 0.752 bits per heavy atom. The molecule has 0 spiro atoms. The average molecular weight is 2010 g/mol. The number of aliphatic hydroxyl groups is 4. The number of guanidine groups is 1. The molecule has 2 heterocycles. The van der Waals surface area contributed by atoms with E-state index in [0.29, 0.717) is 19.4 Å². The first kappa shape index (κ1) is 124. The number of carboxylic acid groups (broad SMARTS) is 3. The molecule has 54 heteroatoms. The SMILES string of the molecule is CC(C)C[C@H](NC(=O)[C@@H](NC(=O)[C@@H](NC(=O)[C@H](CO)NC(=O)[C@H](CC(=O)O)NC(=O)CNC(=O)[C@@H]1CCCN1C(=O)[C@H](CC(C)C)NC(=O)[C@H](CO)NC(=O)[C@@H](NC(=O)[C@H](CC(C)C)NC(=O)[C@@H](NC(=O)CNC(=O)[C@H](CCCNC(=N)N)NC(=O)[C@H](C)NC(=O)[C@@H](NC(=O)[C@H](CCC(=O)O)NC(=O)[C@H](CCC(N)=O)NC(=O)[C@H](C)NC(=O)[C@@H]1CCCN1)C(C)C)C(C)C)[C@@H](C)O)C(C)C)[C@@H](C)O)C(=O)O. The third kappa shape index (κ3) is 44.5. The molecule has 54 nitrogen and oxygen atoms in total. The maximum Gasteiger partial charge on any atom is 0.326 e. The Balaban J connectivity index is 2.26. The molecule has 32 N–H and O–H groups in total. The van der Waals surface area contributed by atoms with E-state index >= 15 is 0 Å². The van der Waals surface area contributed by atoms with Crippen LogP contribution in [0.4, 0.5) is 0 Å². The Hall–Kier alpha value is -13.1. The second-order valence-electron chi connectivity index (χ2n) is 37.2. The number of nitrogens with two attached hydrogens (primary N) is 2. The van der Waals surface area contributed by atoms with Gasteiger partial charge in [0, 0.05) is 25.9 Å². The van der Waals surface area contributed by atoms with Crippen LogP contribution in [0.5, 0.6) is 0 Å². The summed E-state index contributed by atoms with van der Waals surface area (Å²) in [6, 6.07) is -27.9. The summed E-state index contributed by atoms with van der Waals surface area (Å²) in [6.07, 6.45) is -5.66. The number of aliphatic carboxylic acids is 3. The number of nitrogens with one attached hydrogen (secondary N) is 21. The van der Waals surface area contributed by atoms with Crippen molar-refractivity contribution in [3.05, 3.63) is 0 Å². The molecule has 20 amide bonds. The van der Waals surface area contributed by atoms with Gasteiger partial charge in [-0.1, -0.05) is 83.1 Å². The fraction of sp³-hybridized carbons (Fsp3) is 0.724. The van der Waals surface area contributed by atoms with Crippen LogP contribution >= 0.6 is 0 Å². The second-order valence-corrected chi connectivity index (χ2v) is 37.2. The van der Waals surface area contributed by atoms with Crippen molar-refractivity contribution in [2.45, 2.75) is 322 Å². The van der Waals surface area contributed by atoms with Crippen LogP contribution in [0.25, 0.3) is 0 Å². The fourth-order valence-corrected chi connectivity index (χ4v) is 14.6. The predicted octanol–water partition coefficient (Wildman–Crippen LogP) is -10.4. The molecular formula is C87H148N24O30. The van der Waals surface area contributed by atoms with Gasteiger partial charge in [0.2, 0.25) is 118 Å². The van der Waals surface area contributed by atoms with Crippen LogP contribution in [0.3, 0.4) is 0 Å². The highest BCUT2D eigenvalue weighted by Crippen LogP contribution is 2.22. The molecule has 0 aromatic rings. The van der Waals surface area contributed by atoms with E-state index in [9.17, 15) is 146 Å². The lowest BCUT2D eigenvalue weighted by atomic mass is 9.99. The monoisotopic (exact) mass is 2010 g/mol. The second kappa shape index (κ2) is 61.5. The number of hydrogen-bond donors (Lipinski definition) is 30. The Labute approximate surface area is 816 Å². The molecule has 141 heavy (non-hydrogen) atoms. The van der Waals surface area contributed by atoms with Crippen LogP contribution < -0.4 is 118 Å². The average Bonchev–Trinajstić information content (AvgIpc) is 1.76. The van der Waals surface area contributed by atoms with Crippen LogP contribution in [0.15, 0.2) is 0 Å². The van der Waals surface area contributed by atoms with Gasteiger partial charge in [-0.25, -0.2) is 4.79 Å². The Morgan fingerprint density at radius 1 is 0.369 bits per heavy atom. The van der Waals surface area contributed by atoms with Crippen LogP contribution in [0.1, 0.15) is 201 Å². The van der Waals surface area contributed by atoms with Crippen molar-refractivity contribution >= 4 is 142 Å². The number of rotatable bonds is 63. The molecule has 0 aromatic heterocycles. The van der Waals surface area contributed by atoms with Crippen LogP contribution in [-0.2, 0) is 110 Å². The highest BCUT2D eigenvalue weighted by Gasteiger charge is 2.44. The summed E-state index contributed by atoms with van der Waals surface area (Å²) >= 11 is 0. The summed E-state index contributed by atoms with van der Waals surface area (Å²) in [7, 11) is 0. The van der Waals surface area contributed by atoms with Crippen molar-refractivity contribution in [3.8, 4) is 0 Å². The number of amides is 20. The van der Waals surface area contributed by atoms with Gasteiger partial charge in [0.25, 0.3) is 0 Å². The van der Waals surface area contributed by atoms with Gasteiger partial charge in [0.15, 0.2) is 5.96 Å². The molecule has 0 aliphatic carbocycles. The maximum atomic E-state index is 14.5. The number of hydrogen-bond acceptors (Lipinski definition) is 29. The summed E-state index contributed by atoms with van der Waals surface area (Å²) in [6.45, 7) is 20.1. The van der Waals surface area contributed by atoms with Crippen molar-refractivity contribution < 1.29 is 146 Å². The topological polar surface area (TPSA) is 854 Å². The first-order chi connectivity index (χ1) is 65.7. The van der Waals surface area contributed by atoms with Gasteiger partial charge in [-0.15, -0.1) is 0 Å². The minimum Gasteiger partial charge on any atom is -0.481 e. The van der Waals surface area contributed by atoms with E-state index in [1.165, 1.54) is 55.4 Å². The molecule has 796 valence electrons. The number of likely N-dealkylation sites (tertiary alicyclic amines) is 1. The van der Waals surface area contributed by atoms with Gasteiger partial charge in [0.05, 0.1) is 51.0 Å². The normalized spacial score (nSPS) is 17.3. The number of nitrogens with zero attached hydrogens (tertiary/aromatic N) is 1. The van der Waals surface area contributed by atoms with Crippen LogP contribution in [0, 0.1) is 40.9 Å². The van der Waals surface area contributed by atoms with Crippen LogP contribution in [0.2, 0.25) is 0 Å². The molecule has 0 radical (unpaired) electrons. The molecule has 0 bridgehead atoms. The van der Waals surface area contributed by atoms with Gasteiger partial charge >= 0.3 is 17.9 Å². The van der Waals surface area contributed by atoms with E-state index < -0.39 is 345 Å². The van der Waals surface area contributed by atoms with Crippen molar-refractivity contribution in [1.82, 2.24) is 111 Å². The van der Waals surface area contributed by atoms with Gasteiger partial charge in [-0.05, 0) is 140 Å². The minimum absolute atomic E-state index is 0.00985. The zero-order chi connectivity index (χ0) is 107. The van der Waals surface area contributed by atoms with Crippen molar-refractivity contribution in [3.63, 3.8) is 0 Å². The van der Waals surface area contributed by atoms with E-state index in [4.69, 9.17) is 16.9 Å². The summed E-state index contributed by atoms with van der Waals surface area (Å²) in [4.78, 5) is 311. The Bertz CT molecular complexity index is 4360. The quantitative estimate of drug-likeness (QED) is 0.0153. The molecule has 2 saturated heterocycles. The first-order valence-electron chi connectivity index (χ1n) is 46.8. The molecule has 2 aliphatic heterocycles. The molecule has 2 fully saturated rings. The lowest BCUT2D eigenvalue weighted by Crippen LogP contribution is -2.62. The van der Waals surface area contributed by atoms with Gasteiger partial charge in [-0.3, -0.25) is 111 Å². The van der Waals surface area contributed by atoms with E-state index in [-0.39, 0.29) is 69.9 Å². The third-order valence-electron chi connectivity index (χ3n) is 22.3. The molecule has 0 unspecified atom stereocenters. The van der Waals surface area contributed by atoms with Gasteiger partial charge in [-0.2, -0.15) is 0 Å². The summed E-state index contributed by atoms with van der Waals surface area (Å²) in [5.74, 6) is -28.7. The zero-order valence-electron chi connectivity index (χ0n) is 82.5. The highest BCUT2D eigenvalue weighted by molar-refractivity contribution is 6.02. The number of aliphatic hydroxyl groups excluding tert-OH is 4. The first-order valence-corrected chi connectivity index (χ1v) is 46.8. The number of primary amides is 1. The largest absolute Gasteiger partial charge is 0.481 e. The van der Waals surface area contributed by atoms with E-state index in [2.05, 4.69) is 106 Å². The molecule has 2 rings (SSSR count).